The van der Waals surface area contributed by atoms with Crippen molar-refractivity contribution in [3.63, 3.8) is 0 Å². The Labute approximate surface area is 159 Å². The molecule has 0 aliphatic carbocycles. The number of aromatic nitrogens is 3. The first-order chi connectivity index (χ1) is 13.1. The molecule has 4 aromatic rings. The predicted molar refractivity (Wildman–Crippen MR) is 103 cm³/mol. The zero-order valence-electron chi connectivity index (χ0n) is 13.9. The fourth-order valence-corrected chi connectivity index (χ4v) is 2.84. The normalized spacial score (nSPS) is 10.5. The van der Waals surface area contributed by atoms with Gasteiger partial charge < -0.3 is 5.32 Å². The molecule has 2 heterocycles. The van der Waals surface area contributed by atoms with E-state index in [9.17, 15) is 4.79 Å². The van der Waals surface area contributed by atoms with Crippen molar-refractivity contribution in [2.45, 2.75) is 0 Å². The van der Waals surface area contributed by atoms with E-state index < -0.39 is 0 Å². The second-order valence-corrected chi connectivity index (χ2v) is 6.25. The minimum Gasteiger partial charge on any atom is -0.322 e. The van der Waals surface area contributed by atoms with E-state index in [2.05, 4.69) is 21.5 Å². The summed E-state index contributed by atoms with van der Waals surface area (Å²) in [6.45, 7) is 0. The van der Waals surface area contributed by atoms with Gasteiger partial charge >= 0.3 is 0 Å². The van der Waals surface area contributed by atoms with Crippen LogP contribution in [0.25, 0.3) is 16.9 Å². The average molecular weight is 374 g/mol. The molecule has 0 unspecified atom stereocenters. The van der Waals surface area contributed by atoms with Crippen LogP contribution >= 0.6 is 11.6 Å². The highest BCUT2D eigenvalue weighted by Crippen LogP contribution is 2.23. The summed E-state index contributed by atoms with van der Waals surface area (Å²) in [7, 11) is 0. The minimum absolute atomic E-state index is 0.266. The van der Waals surface area contributed by atoms with Crippen LogP contribution in [-0.2, 0) is 0 Å². The summed E-state index contributed by atoms with van der Waals surface area (Å²) in [5, 5.41) is 16.6. The van der Waals surface area contributed by atoms with Crippen molar-refractivity contribution in [1.29, 1.82) is 5.26 Å². The lowest BCUT2D eigenvalue weighted by Crippen LogP contribution is -2.13. The van der Waals surface area contributed by atoms with Crippen LogP contribution in [0, 0.1) is 11.3 Å². The Morgan fingerprint density at radius 3 is 2.52 bits per heavy atom. The zero-order chi connectivity index (χ0) is 18.8. The van der Waals surface area contributed by atoms with Crippen molar-refractivity contribution >= 4 is 28.8 Å². The molecule has 0 fully saturated rings. The standard InChI is InChI=1S/C20H12ClN5O/c21-16-5-7-17(8-6-16)25-20(27)15-9-18(26-19(10-15)23-12-24-26)14-3-1-13(11-22)2-4-14/h1-10,12H,(H,25,27). The predicted octanol–water partition coefficient (Wildman–Crippen LogP) is 4.17. The third-order valence-electron chi connectivity index (χ3n) is 4.05. The van der Waals surface area contributed by atoms with Crippen molar-refractivity contribution in [3.8, 4) is 17.3 Å². The molecular weight excluding hydrogens is 362 g/mol. The molecular formula is C20H12ClN5O. The van der Waals surface area contributed by atoms with Crippen molar-refractivity contribution < 1.29 is 4.79 Å². The highest BCUT2D eigenvalue weighted by molar-refractivity contribution is 6.30. The summed E-state index contributed by atoms with van der Waals surface area (Å²) in [6.07, 6.45) is 1.43. The van der Waals surface area contributed by atoms with Crippen LogP contribution in [0.2, 0.25) is 5.02 Å². The number of carbonyl (C=O) groups excluding carboxylic acids is 1. The Hall–Kier alpha value is -3.69. The Kier molecular flexibility index (Phi) is 4.29. The average Bonchev–Trinajstić information content (AvgIpc) is 3.18. The van der Waals surface area contributed by atoms with Gasteiger partial charge in [-0.3, -0.25) is 4.79 Å². The van der Waals surface area contributed by atoms with Gasteiger partial charge in [-0.1, -0.05) is 23.7 Å². The molecule has 1 N–H and O–H groups in total. The number of benzene rings is 2. The van der Waals surface area contributed by atoms with Gasteiger partial charge in [-0.05, 0) is 48.5 Å². The van der Waals surface area contributed by atoms with Gasteiger partial charge in [-0.25, -0.2) is 9.50 Å². The molecule has 27 heavy (non-hydrogen) atoms. The summed E-state index contributed by atoms with van der Waals surface area (Å²) in [6, 6.07) is 19.5. The maximum Gasteiger partial charge on any atom is 0.255 e. The molecule has 0 atom stereocenters. The number of halogens is 1. The van der Waals surface area contributed by atoms with E-state index >= 15 is 0 Å². The second kappa shape index (κ2) is 6.90. The van der Waals surface area contributed by atoms with Gasteiger partial charge in [0.25, 0.3) is 5.91 Å². The number of carbonyl (C=O) groups is 1. The molecule has 1 amide bonds. The van der Waals surface area contributed by atoms with Gasteiger partial charge in [0.1, 0.15) is 6.33 Å². The number of nitriles is 1. The SMILES string of the molecule is N#Cc1ccc(-c2cc(C(=O)Nc3ccc(Cl)cc3)cc3ncnn23)cc1. The fraction of sp³-hybridized carbons (Fsp3) is 0. The van der Waals surface area contributed by atoms with Gasteiger partial charge in [-0.2, -0.15) is 10.4 Å². The van der Waals surface area contributed by atoms with E-state index in [1.54, 1.807) is 53.0 Å². The van der Waals surface area contributed by atoms with E-state index in [1.807, 2.05) is 12.1 Å². The quantitative estimate of drug-likeness (QED) is 0.584. The van der Waals surface area contributed by atoms with Gasteiger partial charge in [0.05, 0.1) is 17.3 Å². The second-order valence-electron chi connectivity index (χ2n) is 5.81. The molecule has 7 heteroatoms. The number of hydrogen-bond acceptors (Lipinski definition) is 4. The number of amides is 1. The molecule has 130 valence electrons. The molecule has 6 nitrogen and oxygen atoms in total. The lowest BCUT2D eigenvalue weighted by molar-refractivity contribution is 0.102. The molecule has 0 radical (unpaired) electrons. The van der Waals surface area contributed by atoms with Crippen molar-refractivity contribution in [2.75, 3.05) is 5.32 Å². The Morgan fingerprint density at radius 2 is 1.81 bits per heavy atom. The first kappa shape index (κ1) is 16.8. The summed E-state index contributed by atoms with van der Waals surface area (Å²) in [5.41, 5.74) is 3.74. The fourth-order valence-electron chi connectivity index (χ4n) is 2.71. The van der Waals surface area contributed by atoms with E-state index in [0.29, 0.717) is 33.2 Å². The topological polar surface area (TPSA) is 83.1 Å². The third-order valence-corrected chi connectivity index (χ3v) is 4.31. The number of pyridine rings is 1. The van der Waals surface area contributed by atoms with Crippen LogP contribution in [0.4, 0.5) is 5.69 Å². The van der Waals surface area contributed by atoms with Crippen molar-refractivity contribution in [3.05, 3.63) is 83.1 Å². The lowest BCUT2D eigenvalue weighted by Gasteiger charge is -2.09. The molecule has 2 aromatic heterocycles. The number of nitrogens with one attached hydrogen (secondary N) is 1. The number of fused-ring (bicyclic) bond motifs is 1. The molecule has 2 aromatic carbocycles. The van der Waals surface area contributed by atoms with Crippen molar-refractivity contribution in [1.82, 2.24) is 14.6 Å². The van der Waals surface area contributed by atoms with E-state index in [0.717, 1.165) is 5.56 Å². The van der Waals surface area contributed by atoms with Gasteiger partial charge in [0.2, 0.25) is 0 Å². The number of hydrogen-bond donors (Lipinski definition) is 1. The molecule has 0 aliphatic rings. The number of rotatable bonds is 3. The highest BCUT2D eigenvalue weighted by Gasteiger charge is 2.13. The summed E-state index contributed by atoms with van der Waals surface area (Å²) in [5.74, 6) is -0.266. The molecule has 0 aliphatic heterocycles. The maximum absolute atomic E-state index is 12.7. The summed E-state index contributed by atoms with van der Waals surface area (Å²) in [4.78, 5) is 16.9. The highest BCUT2D eigenvalue weighted by atomic mass is 35.5. The number of nitrogens with zero attached hydrogens (tertiary/aromatic N) is 4. The molecule has 4 rings (SSSR count). The monoisotopic (exact) mass is 373 g/mol. The first-order valence-electron chi connectivity index (χ1n) is 8.05. The Morgan fingerprint density at radius 1 is 1.07 bits per heavy atom. The Balaban J connectivity index is 1.74. The van der Waals surface area contributed by atoms with Crippen LogP contribution in [0.1, 0.15) is 15.9 Å². The third kappa shape index (κ3) is 3.36. The number of anilines is 1. The van der Waals surface area contributed by atoms with Crippen LogP contribution in [0.3, 0.4) is 0 Å². The van der Waals surface area contributed by atoms with Gasteiger partial charge in [0, 0.05) is 21.8 Å². The molecule has 0 saturated heterocycles. The first-order valence-corrected chi connectivity index (χ1v) is 8.43. The van der Waals surface area contributed by atoms with E-state index in [1.165, 1.54) is 6.33 Å². The summed E-state index contributed by atoms with van der Waals surface area (Å²) < 4.78 is 1.65. The molecule has 0 spiro atoms. The smallest absolute Gasteiger partial charge is 0.255 e. The van der Waals surface area contributed by atoms with Gasteiger partial charge in [0.15, 0.2) is 5.65 Å². The van der Waals surface area contributed by atoms with Crippen LogP contribution in [-0.4, -0.2) is 20.5 Å². The lowest BCUT2D eigenvalue weighted by atomic mass is 10.1. The Bertz CT molecular complexity index is 1170. The van der Waals surface area contributed by atoms with Crippen LogP contribution in [0.5, 0.6) is 0 Å². The maximum atomic E-state index is 12.7. The van der Waals surface area contributed by atoms with E-state index in [-0.39, 0.29) is 5.91 Å². The molecule has 0 bridgehead atoms. The molecule has 0 saturated carbocycles. The minimum atomic E-state index is -0.266. The zero-order valence-corrected chi connectivity index (χ0v) is 14.7. The van der Waals surface area contributed by atoms with Crippen LogP contribution in [0.15, 0.2) is 67.0 Å². The van der Waals surface area contributed by atoms with E-state index in [4.69, 9.17) is 16.9 Å². The summed E-state index contributed by atoms with van der Waals surface area (Å²) >= 11 is 5.88. The van der Waals surface area contributed by atoms with Crippen LogP contribution < -0.4 is 5.32 Å². The van der Waals surface area contributed by atoms with Crippen molar-refractivity contribution in [2.24, 2.45) is 0 Å². The largest absolute Gasteiger partial charge is 0.322 e. The van der Waals surface area contributed by atoms with Gasteiger partial charge in [-0.15, -0.1) is 0 Å².